The Morgan fingerprint density at radius 3 is 2.62 bits per heavy atom. The number of benzene rings is 1. The lowest BCUT2D eigenvalue weighted by Crippen LogP contribution is -2.28. The third-order valence-electron chi connectivity index (χ3n) is 3.41. The van der Waals surface area contributed by atoms with E-state index in [0.717, 1.165) is 24.8 Å². The molecule has 0 aliphatic carbocycles. The van der Waals surface area contributed by atoms with Crippen molar-refractivity contribution in [2.45, 2.75) is 39.5 Å². The Labute approximate surface area is 127 Å². The van der Waals surface area contributed by atoms with Gasteiger partial charge in [0.25, 0.3) is 0 Å². The topological polar surface area (TPSA) is 50.1 Å². The molecule has 0 fully saturated rings. The number of hydrogen-bond donors (Lipinski definition) is 0. The van der Waals surface area contributed by atoms with E-state index >= 15 is 0 Å². The maximum Gasteiger partial charge on any atom is 0.326 e. The number of esters is 1. The van der Waals surface area contributed by atoms with Gasteiger partial charge in [0.2, 0.25) is 0 Å². The molecule has 0 heterocycles. The SMILES string of the molecule is C=C(CCCc1ccccc1)CC(C)(C#N)C(=O)OCC. The molecular formula is C18H23NO2. The maximum atomic E-state index is 11.8. The van der Waals surface area contributed by atoms with Crippen molar-refractivity contribution in [1.29, 1.82) is 5.26 Å². The molecule has 0 radical (unpaired) electrons. The third-order valence-corrected chi connectivity index (χ3v) is 3.41. The summed E-state index contributed by atoms with van der Waals surface area (Å²) in [6.45, 7) is 7.65. The zero-order chi connectivity index (χ0) is 15.7. The normalized spacial score (nSPS) is 13.0. The molecule has 0 aliphatic rings. The minimum absolute atomic E-state index is 0.288. The van der Waals surface area contributed by atoms with Gasteiger partial charge in [-0.2, -0.15) is 5.26 Å². The fourth-order valence-corrected chi connectivity index (χ4v) is 2.22. The molecule has 0 saturated carbocycles. The van der Waals surface area contributed by atoms with E-state index in [9.17, 15) is 10.1 Å². The number of nitriles is 1. The van der Waals surface area contributed by atoms with Gasteiger partial charge in [-0.1, -0.05) is 42.5 Å². The minimum atomic E-state index is -1.13. The third kappa shape index (κ3) is 5.43. The van der Waals surface area contributed by atoms with Gasteiger partial charge in [0, 0.05) is 0 Å². The molecule has 0 saturated heterocycles. The van der Waals surface area contributed by atoms with Crippen LogP contribution < -0.4 is 0 Å². The van der Waals surface area contributed by atoms with Gasteiger partial charge in [-0.15, -0.1) is 0 Å². The molecule has 1 unspecified atom stereocenters. The first-order valence-electron chi connectivity index (χ1n) is 7.31. The van der Waals surface area contributed by atoms with E-state index in [0.29, 0.717) is 6.42 Å². The molecule has 0 spiro atoms. The van der Waals surface area contributed by atoms with Crippen LogP contribution in [0.5, 0.6) is 0 Å². The molecule has 3 nitrogen and oxygen atoms in total. The van der Waals surface area contributed by atoms with Crippen LogP contribution in [-0.4, -0.2) is 12.6 Å². The van der Waals surface area contributed by atoms with Crippen molar-refractivity contribution in [1.82, 2.24) is 0 Å². The second kappa shape index (κ2) is 8.26. The number of aryl methyl sites for hydroxylation is 1. The predicted octanol–water partition coefficient (Wildman–Crippen LogP) is 4.05. The highest BCUT2D eigenvalue weighted by molar-refractivity contribution is 5.79. The number of ether oxygens (including phenoxy) is 1. The first-order valence-corrected chi connectivity index (χ1v) is 7.31. The molecule has 0 aliphatic heterocycles. The van der Waals surface area contributed by atoms with E-state index in [-0.39, 0.29) is 6.61 Å². The van der Waals surface area contributed by atoms with Crippen LogP contribution in [0, 0.1) is 16.7 Å². The highest BCUT2D eigenvalue weighted by Crippen LogP contribution is 2.28. The lowest BCUT2D eigenvalue weighted by molar-refractivity contribution is -0.151. The van der Waals surface area contributed by atoms with E-state index in [1.165, 1.54) is 5.56 Å². The molecule has 0 bridgehead atoms. The van der Waals surface area contributed by atoms with E-state index in [2.05, 4.69) is 24.8 Å². The first-order chi connectivity index (χ1) is 10.0. The molecule has 0 N–H and O–H groups in total. The minimum Gasteiger partial charge on any atom is -0.465 e. The Morgan fingerprint density at radius 1 is 1.38 bits per heavy atom. The molecule has 1 atom stereocenters. The van der Waals surface area contributed by atoms with Crippen LogP contribution in [0.2, 0.25) is 0 Å². The van der Waals surface area contributed by atoms with Gasteiger partial charge in [0.1, 0.15) is 0 Å². The van der Waals surface area contributed by atoms with E-state index in [1.54, 1.807) is 13.8 Å². The van der Waals surface area contributed by atoms with Crippen molar-refractivity contribution in [2.75, 3.05) is 6.61 Å². The molecular weight excluding hydrogens is 262 g/mol. The zero-order valence-electron chi connectivity index (χ0n) is 12.9. The van der Waals surface area contributed by atoms with Crippen LogP contribution in [0.15, 0.2) is 42.5 Å². The standard InChI is InChI=1S/C18H23NO2/c1-4-21-17(20)18(3,14-19)13-15(2)9-8-12-16-10-6-5-7-11-16/h5-7,10-11H,2,4,8-9,12-13H2,1,3H3. The van der Waals surface area contributed by atoms with Crippen LogP contribution in [0.1, 0.15) is 38.7 Å². The summed E-state index contributed by atoms with van der Waals surface area (Å²) in [7, 11) is 0. The van der Waals surface area contributed by atoms with Crippen LogP contribution in [0.3, 0.4) is 0 Å². The Balaban J connectivity index is 2.45. The highest BCUT2D eigenvalue weighted by atomic mass is 16.5. The average Bonchev–Trinajstić information content (AvgIpc) is 2.48. The van der Waals surface area contributed by atoms with Gasteiger partial charge >= 0.3 is 5.97 Å². The van der Waals surface area contributed by atoms with E-state index < -0.39 is 11.4 Å². The fraction of sp³-hybridized carbons (Fsp3) is 0.444. The zero-order valence-corrected chi connectivity index (χ0v) is 12.9. The van der Waals surface area contributed by atoms with Crippen LogP contribution in [0.4, 0.5) is 0 Å². The van der Waals surface area contributed by atoms with Crippen molar-refractivity contribution >= 4 is 5.97 Å². The van der Waals surface area contributed by atoms with Crippen molar-refractivity contribution in [3.05, 3.63) is 48.0 Å². The molecule has 1 aromatic rings. The quantitative estimate of drug-likeness (QED) is 0.535. The summed E-state index contributed by atoms with van der Waals surface area (Å²) < 4.78 is 4.97. The molecule has 3 heteroatoms. The number of allylic oxidation sites excluding steroid dienone is 1. The van der Waals surface area contributed by atoms with Gasteiger partial charge in [-0.3, -0.25) is 4.79 Å². The van der Waals surface area contributed by atoms with Crippen molar-refractivity contribution in [2.24, 2.45) is 5.41 Å². The maximum absolute atomic E-state index is 11.8. The summed E-state index contributed by atoms with van der Waals surface area (Å²) >= 11 is 0. The summed E-state index contributed by atoms with van der Waals surface area (Å²) in [6, 6.07) is 12.3. The van der Waals surface area contributed by atoms with Gasteiger partial charge in [-0.05, 0) is 45.1 Å². The summed E-state index contributed by atoms with van der Waals surface area (Å²) in [4.78, 5) is 11.8. The Hall–Kier alpha value is -2.08. The number of carbonyl (C=O) groups is 1. The second-order valence-corrected chi connectivity index (χ2v) is 5.43. The lowest BCUT2D eigenvalue weighted by Gasteiger charge is -2.20. The van der Waals surface area contributed by atoms with Gasteiger partial charge in [0.15, 0.2) is 5.41 Å². The number of nitrogens with zero attached hydrogens (tertiary/aromatic N) is 1. The Morgan fingerprint density at radius 2 is 2.05 bits per heavy atom. The molecule has 1 aromatic carbocycles. The van der Waals surface area contributed by atoms with Gasteiger partial charge < -0.3 is 4.74 Å². The molecule has 112 valence electrons. The van der Waals surface area contributed by atoms with E-state index in [1.807, 2.05) is 18.2 Å². The van der Waals surface area contributed by atoms with Crippen molar-refractivity contribution in [3.63, 3.8) is 0 Å². The molecule has 0 amide bonds. The van der Waals surface area contributed by atoms with E-state index in [4.69, 9.17) is 4.74 Å². The predicted molar refractivity (Wildman–Crippen MR) is 83.5 cm³/mol. The largest absolute Gasteiger partial charge is 0.465 e. The monoisotopic (exact) mass is 285 g/mol. The van der Waals surface area contributed by atoms with Crippen LogP contribution >= 0.6 is 0 Å². The number of rotatable bonds is 8. The average molecular weight is 285 g/mol. The number of hydrogen-bond acceptors (Lipinski definition) is 3. The molecule has 21 heavy (non-hydrogen) atoms. The Kier molecular flexibility index (Phi) is 6.68. The Bertz CT molecular complexity index is 516. The smallest absolute Gasteiger partial charge is 0.326 e. The second-order valence-electron chi connectivity index (χ2n) is 5.43. The number of carbonyl (C=O) groups excluding carboxylic acids is 1. The lowest BCUT2D eigenvalue weighted by atomic mass is 9.84. The summed E-state index contributed by atoms with van der Waals surface area (Å²) in [6.07, 6.45) is 3.11. The van der Waals surface area contributed by atoms with Gasteiger partial charge in [-0.25, -0.2) is 0 Å². The first kappa shape index (κ1) is 17.0. The van der Waals surface area contributed by atoms with Crippen LogP contribution in [-0.2, 0) is 16.0 Å². The van der Waals surface area contributed by atoms with Crippen molar-refractivity contribution < 1.29 is 9.53 Å². The molecule has 1 rings (SSSR count). The fourth-order valence-electron chi connectivity index (χ4n) is 2.22. The molecule has 0 aromatic heterocycles. The van der Waals surface area contributed by atoms with Gasteiger partial charge in [0.05, 0.1) is 12.7 Å². The van der Waals surface area contributed by atoms with Crippen LogP contribution in [0.25, 0.3) is 0 Å². The summed E-state index contributed by atoms with van der Waals surface area (Å²) in [5, 5.41) is 9.24. The highest BCUT2D eigenvalue weighted by Gasteiger charge is 2.35. The summed E-state index contributed by atoms with van der Waals surface area (Å²) in [5.41, 5.74) is 1.08. The summed E-state index contributed by atoms with van der Waals surface area (Å²) in [5.74, 6) is -0.461. The van der Waals surface area contributed by atoms with Crippen molar-refractivity contribution in [3.8, 4) is 6.07 Å².